The molecule has 0 aliphatic rings. The number of hydrogen-bond donors (Lipinski definition) is 2. The molecule has 0 saturated carbocycles. The molecule has 0 bridgehead atoms. The van der Waals surface area contributed by atoms with Crippen molar-refractivity contribution in [1.82, 2.24) is 10.4 Å². The largest absolute Gasteiger partial charge is 0.290 e. The lowest BCUT2D eigenvalue weighted by atomic mass is 9.90. The van der Waals surface area contributed by atoms with E-state index in [0.29, 0.717) is 11.3 Å². The zero-order chi connectivity index (χ0) is 11.5. The Bertz CT molecular complexity index is 420. The first-order valence-corrected chi connectivity index (χ1v) is 4.40. The summed E-state index contributed by atoms with van der Waals surface area (Å²) in [7, 11) is 0. The van der Waals surface area contributed by atoms with Gasteiger partial charge in [0, 0.05) is 11.8 Å². The van der Waals surface area contributed by atoms with Gasteiger partial charge in [0.15, 0.2) is 0 Å². The highest BCUT2D eigenvalue weighted by atomic mass is 16.2. The third kappa shape index (κ3) is 2.30. The standard InChI is InChI=1S/C10H12N4O/c1-10(2,6-11)8-5-7(3-4-13-8)9(15)14-12/h3-5H,12H2,1-2H3,(H,14,15). The molecule has 0 saturated heterocycles. The van der Waals surface area contributed by atoms with Crippen molar-refractivity contribution in [3.05, 3.63) is 29.6 Å². The van der Waals surface area contributed by atoms with Crippen LogP contribution in [0.2, 0.25) is 0 Å². The fourth-order valence-electron chi connectivity index (χ4n) is 1.05. The Kier molecular flexibility index (Phi) is 3.02. The number of hydrogen-bond acceptors (Lipinski definition) is 4. The van der Waals surface area contributed by atoms with Gasteiger partial charge in [0.1, 0.15) is 0 Å². The first-order valence-electron chi connectivity index (χ1n) is 4.40. The van der Waals surface area contributed by atoms with Crippen molar-refractivity contribution < 1.29 is 4.79 Å². The number of aromatic nitrogens is 1. The van der Waals surface area contributed by atoms with Crippen LogP contribution >= 0.6 is 0 Å². The van der Waals surface area contributed by atoms with E-state index in [1.54, 1.807) is 26.0 Å². The average molecular weight is 204 g/mol. The highest BCUT2D eigenvalue weighted by Gasteiger charge is 2.22. The zero-order valence-electron chi connectivity index (χ0n) is 8.61. The first kappa shape index (κ1) is 11.1. The van der Waals surface area contributed by atoms with Crippen LogP contribution < -0.4 is 11.3 Å². The number of nitrogens with zero attached hydrogens (tertiary/aromatic N) is 2. The van der Waals surface area contributed by atoms with Crippen molar-refractivity contribution in [3.63, 3.8) is 0 Å². The number of pyridine rings is 1. The Morgan fingerprint density at radius 1 is 1.67 bits per heavy atom. The van der Waals surface area contributed by atoms with Crippen LogP contribution in [0.3, 0.4) is 0 Å². The van der Waals surface area contributed by atoms with Crippen LogP contribution in [0.1, 0.15) is 29.9 Å². The van der Waals surface area contributed by atoms with E-state index >= 15 is 0 Å². The Hall–Kier alpha value is -1.93. The topological polar surface area (TPSA) is 91.8 Å². The summed E-state index contributed by atoms with van der Waals surface area (Å²) in [6.07, 6.45) is 1.49. The minimum atomic E-state index is -0.717. The van der Waals surface area contributed by atoms with E-state index in [2.05, 4.69) is 11.1 Å². The van der Waals surface area contributed by atoms with E-state index in [1.165, 1.54) is 6.20 Å². The van der Waals surface area contributed by atoms with Gasteiger partial charge in [-0.2, -0.15) is 5.26 Å². The molecule has 1 amide bonds. The summed E-state index contributed by atoms with van der Waals surface area (Å²) < 4.78 is 0. The molecule has 1 aromatic heterocycles. The van der Waals surface area contributed by atoms with Gasteiger partial charge in [0.2, 0.25) is 0 Å². The monoisotopic (exact) mass is 204 g/mol. The van der Waals surface area contributed by atoms with E-state index < -0.39 is 11.3 Å². The summed E-state index contributed by atoms with van der Waals surface area (Å²) in [6, 6.07) is 5.22. The van der Waals surface area contributed by atoms with Crippen molar-refractivity contribution in [2.24, 2.45) is 5.84 Å². The van der Waals surface area contributed by atoms with Crippen LogP contribution in [0.4, 0.5) is 0 Å². The summed E-state index contributed by atoms with van der Waals surface area (Å²) in [5, 5.41) is 8.92. The van der Waals surface area contributed by atoms with Crippen LogP contribution in [-0.2, 0) is 5.41 Å². The van der Waals surface area contributed by atoms with Crippen LogP contribution in [0, 0.1) is 11.3 Å². The molecular weight excluding hydrogens is 192 g/mol. The Morgan fingerprint density at radius 3 is 2.87 bits per heavy atom. The molecule has 0 spiro atoms. The van der Waals surface area contributed by atoms with E-state index in [9.17, 15) is 4.79 Å². The summed E-state index contributed by atoms with van der Waals surface area (Å²) in [4.78, 5) is 15.3. The highest BCUT2D eigenvalue weighted by Crippen LogP contribution is 2.20. The van der Waals surface area contributed by atoms with Gasteiger partial charge in [0.05, 0.1) is 17.2 Å². The molecule has 1 rings (SSSR count). The molecule has 3 N–H and O–H groups in total. The Labute approximate surface area is 87.9 Å². The van der Waals surface area contributed by atoms with E-state index in [1.807, 2.05) is 5.43 Å². The second-order valence-electron chi connectivity index (χ2n) is 3.64. The molecule has 1 heterocycles. The molecule has 0 aliphatic carbocycles. The lowest BCUT2D eigenvalue weighted by molar-refractivity contribution is 0.0953. The number of hydrazine groups is 1. The van der Waals surface area contributed by atoms with Gasteiger partial charge in [-0.1, -0.05) is 0 Å². The molecular formula is C10H12N4O. The molecule has 5 nitrogen and oxygen atoms in total. The van der Waals surface area contributed by atoms with Gasteiger partial charge in [-0.25, -0.2) is 5.84 Å². The number of nitrogen functional groups attached to an aromatic ring is 1. The van der Waals surface area contributed by atoms with Crippen molar-refractivity contribution in [2.75, 3.05) is 0 Å². The van der Waals surface area contributed by atoms with Gasteiger partial charge in [0.25, 0.3) is 5.91 Å². The first-order chi connectivity index (χ1) is 7.01. The SMILES string of the molecule is CC(C)(C#N)c1cc(C(=O)NN)ccn1. The number of rotatable bonds is 2. The molecule has 0 atom stereocenters. The maximum absolute atomic E-state index is 11.2. The summed E-state index contributed by atoms with van der Waals surface area (Å²) in [5.74, 6) is 4.61. The Morgan fingerprint density at radius 2 is 2.33 bits per heavy atom. The third-order valence-electron chi connectivity index (χ3n) is 2.07. The van der Waals surface area contributed by atoms with Gasteiger partial charge >= 0.3 is 0 Å². The highest BCUT2D eigenvalue weighted by molar-refractivity contribution is 5.93. The lowest BCUT2D eigenvalue weighted by Crippen LogP contribution is -2.30. The maximum atomic E-state index is 11.2. The van der Waals surface area contributed by atoms with Crippen molar-refractivity contribution in [3.8, 4) is 6.07 Å². The fourth-order valence-corrected chi connectivity index (χ4v) is 1.05. The van der Waals surface area contributed by atoms with Gasteiger partial charge in [-0.05, 0) is 26.0 Å². The predicted octanol–water partition coefficient (Wildman–Crippen LogP) is 0.486. The van der Waals surface area contributed by atoms with Crippen molar-refractivity contribution >= 4 is 5.91 Å². The molecule has 0 aliphatic heterocycles. The van der Waals surface area contributed by atoms with Gasteiger partial charge < -0.3 is 0 Å². The normalized spacial score (nSPS) is 10.5. The van der Waals surface area contributed by atoms with Crippen LogP contribution in [0.15, 0.2) is 18.3 Å². The number of nitriles is 1. The number of nitrogens with two attached hydrogens (primary N) is 1. The number of amides is 1. The molecule has 5 heteroatoms. The second kappa shape index (κ2) is 4.07. The van der Waals surface area contributed by atoms with Crippen LogP contribution in [-0.4, -0.2) is 10.9 Å². The van der Waals surface area contributed by atoms with Gasteiger partial charge in [-0.3, -0.25) is 15.2 Å². The zero-order valence-corrected chi connectivity index (χ0v) is 8.61. The molecule has 0 radical (unpaired) electrons. The lowest BCUT2D eigenvalue weighted by Gasteiger charge is -2.14. The average Bonchev–Trinajstić information content (AvgIpc) is 2.28. The summed E-state index contributed by atoms with van der Waals surface area (Å²) >= 11 is 0. The number of carbonyl (C=O) groups excluding carboxylic acids is 1. The minimum absolute atomic E-state index is 0.394. The van der Waals surface area contributed by atoms with Crippen LogP contribution in [0.5, 0.6) is 0 Å². The number of nitrogens with one attached hydrogen (secondary N) is 1. The van der Waals surface area contributed by atoms with Crippen LogP contribution in [0.25, 0.3) is 0 Å². The molecule has 78 valence electrons. The molecule has 0 fully saturated rings. The van der Waals surface area contributed by atoms with Gasteiger partial charge in [-0.15, -0.1) is 0 Å². The van der Waals surface area contributed by atoms with Crippen molar-refractivity contribution in [1.29, 1.82) is 5.26 Å². The summed E-state index contributed by atoms with van der Waals surface area (Å²) in [5.41, 5.74) is 2.25. The maximum Gasteiger partial charge on any atom is 0.265 e. The molecule has 15 heavy (non-hydrogen) atoms. The molecule has 1 aromatic rings. The Balaban J connectivity index is 3.15. The second-order valence-corrected chi connectivity index (χ2v) is 3.64. The quantitative estimate of drug-likeness (QED) is 0.416. The molecule has 0 unspecified atom stereocenters. The van der Waals surface area contributed by atoms with E-state index in [-0.39, 0.29) is 0 Å². The fraction of sp³-hybridized carbons (Fsp3) is 0.300. The van der Waals surface area contributed by atoms with Crippen molar-refractivity contribution in [2.45, 2.75) is 19.3 Å². The minimum Gasteiger partial charge on any atom is -0.290 e. The van der Waals surface area contributed by atoms with E-state index in [4.69, 9.17) is 11.1 Å². The summed E-state index contributed by atoms with van der Waals surface area (Å²) in [6.45, 7) is 3.47. The third-order valence-corrected chi connectivity index (χ3v) is 2.07. The molecule has 0 aromatic carbocycles. The van der Waals surface area contributed by atoms with E-state index in [0.717, 1.165) is 0 Å². The predicted molar refractivity (Wildman–Crippen MR) is 54.5 cm³/mol. The smallest absolute Gasteiger partial charge is 0.265 e. The number of carbonyl (C=O) groups is 1.